The second-order valence-corrected chi connectivity index (χ2v) is 6.95. The van der Waals surface area contributed by atoms with Crippen LogP contribution in [0.4, 0.5) is 0 Å². The van der Waals surface area contributed by atoms with Gasteiger partial charge in [-0.3, -0.25) is 4.79 Å². The van der Waals surface area contributed by atoms with E-state index in [1.165, 1.54) is 24.8 Å². The van der Waals surface area contributed by atoms with E-state index in [1.807, 2.05) is 6.07 Å². The van der Waals surface area contributed by atoms with Crippen LogP contribution in [0.3, 0.4) is 0 Å². The number of hydrogen-bond acceptors (Lipinski definition) is 1. The van der Waals surface area contributed by atoms with Crippen LogP contribution in [-0.2, 0) is 11.3 Å². The molecule has 0 N–H and O–H groups in total. The van der Waals surface area contributed by atoms with Crippen LogP contribution < -0.4 is 0 Å². The SMILES string of the molecule is CC1(C)CC[C@H]2[C@H](CC(=O)N2Cc2ccccc2)C1. The van der Waals surface area contributed by atoms with Gasteiger partial charge in [-0.2, -0.15) is 0 Å². The van der Waals surface area contributed by atoms with E-state index in [1.54, 1.807) is 0 Å². The van der Waals surface area contributed by atoms with E-state index in [-0.39, 0.29) is 0 Å². The summed E-state index contributed by atoms with van der Waals surface area (Å²) in [6, 6.07) is 10.9. The molecule has 1 saturated carbocycles. The van der Waals surface area contributed by atoms with Gasteiger partial charge in [0.25, 0.3) is 0 Å². The van der Waals surface area contributed by atoms with Crippen LogP contribution in [0.5, 0.6) is 0 Å². The molecule has 0 bridgehead atoms. The Kier molecular flexibility index (Phi) is 3.12. The molecule has 1 aliphatic heterocycles. The molecule has 2 aliphatic rings. The summed E-state index contributed by atoms with van der Waals surface area (Å²) >= 11 is 0. The Balaban J connectivity index is 1.75. The number of nitrogens with zero attached hydrogens (tertiary/aromatic N) is 1. The molecule has 1 aromatic carbocycles. The topological polar surface area (TPSA) is 20.3 Å². The van der Waals surface area contributed by atoms with Crippen molar-refractivity contribution < 1.29 is 4.79 Å². The lowest BCUT2D eigenvalue weighted by Crippen LogP contribution is -2.39. The minimum Gasteiger partial charge on any atom is -0.335 e. The summed E-state index contributed by atoms with van der Waals surface area (Å²) < 4.78 is 0. The first-order chi connectivity index (χ1) is 9.05. The van der Waals surface area contributed by atoms with Gasteiger partial charge in [-0.15, -0.1) is 0 Å². The molecule has 2 heteroatoms. The maximum atomic E-state index is 12.3. The molecular formula is C17H23NO. The third kappa shape index (κ3) is 2.54. The fraction of sp³-hybridized carbons (Fsp3) is 0.588. The fourth-order valence-electron chi connectivity index (χ4n) is 3.85. The minimum absolute atomic E-state index is 0.358. The van der Waals surface area contributed by atoms with E-state index in [0.29, 0.717) is 23.3 Å². The summed E-state index contributed by atoms with van der Waals surface area (Å²) in [6.07, 6.45) is 4.39. The normalized spacial score (nSPS) is 29.4. The molecule has 2 nitrogen and oxygen atoms in total. The highest BCUT2D eigenvalue weighted by Crippen LogP contribution is 2.45. The Morgan fingerprint density at radius 1 is 1.26 bits per heavy atom. The third-order valence-corrected chi connectivity index (χ3v) is 4.83. The minimum atomic E-state index is 0.358. The maximum absolute atomic E-state index is 12.3. The van der Waals surface area contributed by atoms with Crippen molar-refractivity contribution in [3.05, 3.63) is 35.9 Å². The Morgan fingerprint density at radius 3 is 2.74 bits per heavy atom. The molecule has 1 heterocycles. The highest BCUT2D eigenvalue weighted by atomic mass is 16.2. The van der Waals surface area contributed by atoms with Crippen molar-refractivity contribution in [3.63, 3.8) is 0 Å². The molecule has 0 spiro atoms. The molecule has 0 unspecified atom stereocenters. The van der Waals surface area contributed by atoms with Gasteiger partial charge in [0.05, 0.1) is 0 Å². The molecule has 1 amide bonds. The van der Waals surface area contributed by atoms with Gasteiger partial charge in [-0.05, 0) is 36.2 Å². The van der Waals surface area contributed by atoms with Crippen LogP contribution in [0.1, 0.15) is 45.1 Å². The monoisotopic (exact) mass is 257 g/mol. The number of rotatable bonds is 2. The Morgan fingerprint density at radius 2 is 2.00 bits per heavy atom. The van der Waals surface area contributed by atoms with Crippen LogP contribution in [0, 0.1) is 11.3 Å². The Labute approximate surface area is 115 Å². The predicted octanol–water partition coefficient (Wildman–Crippen LogP) is 3.61. The molecule has 3 rings (SSSR count). The number of amides is 1. The Hall–Kier alpha value is -1.31. The quantitative estimate of drug-likeness (QED) is 0.792. The molecule has 1 aliphatic carbocycles. The average Bonchev–Trinajstić information content (AvgIpc) is 2.65. The van der Waals surface area contributed by atoms with Crippen molar-refractivity contribution in [2.75, 3.05) is 0 Å². The lowest BCUT2D eigenvalue weighted by molar-refractivity contribution is -0.129. The van der Waals surface area contributed by atoms with Crippen molar-refractivity contribution in [1.82, 2.24) is 4.90 Å². The van der Waals surface area contributed by atoms with Crippen molar-refractivity contribution in [3.8, 4) is 0 Å². The third-order valence-electron chi connectivity index (χ3n) is 4.83. The van der Waals surface area contributed by atoms with Crippen LogP contribution in [-0.4, -0.2) is 16.8 Å². The zero-order chi connectivity index (χ0) is 13.5. The van der Waals surface area contributed by atoms with Crippen LogP contribution >= 0.6 is 0 Å². The van der Waals surface area contributed by atoms with E-state index in [2.05, 4.69) is 43.0 Å². The summed E-state index contributed by atoms with van der Waals surface area (Å²) in [5.74, 6) is 0.941. The summed E-state index contributed by atoms with van der Waals surface area (Å²) in [7, 11) is 0. The summed E-state index contributed by atoms with van der Waals surface area (Å²) in [5.41, 5.74) is 1.67. The summed E-state index contributed by atoms with van der Waals surface area (Å²) in [4.78, 5) is 14.4. The highest BCUT2D eigenvalue weighted by molar-refractivity contribution is 5.79. The number of hydrogen-bond donors (Lipinski definition) is 0. The summed E-state index contributed by atoms with van der Waals surface area (Å²) in [6.45, 7) is 5.47. The smallest absolute Gasteiger partial charge is 0.223 e. The largest absolute Gasteiger partial charge is 0.335 e. The maximum Gasteiger partial charge on any atom is 0.223 e. The highest BCUT2D eigenvalue weighted by Gasteiger charge is 2.45. The van der Waals surface area contributed by atoms with Gasteiger partial charge in [0.1, 0.15) is 0 Å². The first-order valence-electron chi connectivity index (χ1n) is 7.39. The number of fused-ring (bicyclic) bond motifs is 1. The van der Waals surface area contributed by atoms with E-state index in [4.69, 9.17) is 0 Å². The first kappa shape index (κ1) is 12.7. The zero-order valence-corrected chi connectivity index (χ0v) is 11.9. The Bertz CT molecular complexity index is 465. The summed E-state index contributed by atoms with van der Waals surface area (Å²) in [5, 5.41) is 0. The number of carbonyl (C=O) groups is 1. The van der Waals surface area contributed by atoms with Gasteiger partial charge in [-0.25, -0.2) is 0 Å². The van der Waals surface area contributed by atoms with E-state index >= 15 is 0 Å². The lowest BCUT2D eigenvalue weighted by Gasteiger charge is -2.39. The number of likely N-dealkylation sites (tertiary alicyclic amines) is 1. The second-order valence-electron chi connectivity index (χ2n) is 6.95. The van der Waals surface area contributed by atoms with Crippen LogP contribution in [0.25, 0.3) is 0 Å². The van der Waals surface area contributed by atoms with Gasteiger partial charge < -0.3 is 4.90 Å². The number of carbonyl (C=O) groups excluding carboxylic acids is 1. The predicted molar refractivity (Wildman–Crippen MR) is 76.5 cm³/mol. The van der Waals surface area contributed by atoms with E-state index in [9.17, 15) is 4.79 Å². The second kappa shape index (κ2) is 4.66. The first-order valence-corrected chi connectivity index (χ1v) is 7.39. The molecule has 1 saturated heterocycles. The van der Waals surface area contributed by atoms with Gasteiger partial charge >= 0.3 is 0 Å². The molecule has 0 aromatic heterocycles. The molecular weight excluding hydrogens is 234 g/mol. The molecule has 102 valence electrons. The van der Waals surface area contributed by atoms with Crippen LogP contribution in [0.2, 0.25) is 0 Å². The van der Waals surface area contributed by atoms with Gasteiger partial charge in [-0.1, -0.05) is 44.2 Å². The van der Waals surface area contributed by atoms with E-state index < -0.39 is 0 Å². The molecule has 2 atom stereocenters. The van der Waals surface area contributed by atoms with Crippen molar-refractivity contribution in [2.24, 2.45) is 11.3 Å². The molecule has 2 fully saturated rings. The van der Waals surface area contributed by atoms with Crippen LogP contribution in [0.15, 0.2) is 30.3 Å². The van der Waals surface area contributed by atoms with Crippen molar-refractivity contribution in [2.45, 2.75) is 52.1 Å². The average molecular weight is 257 g/mol. The lowest BCUT2D eigenvalue weighted by atomic mass is 9.70. The molecule has 19 heavy (non-hydrogen) atoms. The number of benzene rings is 1. The standard InChI is InChI=1S/C17H23NO/c1-17(2)9-8-15-14(11-17)10-16(19)18(15)12-13-6-4-3-5-7-13/h3-7,14-15H,8-12H2,1-2H3/t14-,15+/m1/s1. The fourth-order valence-corrected chi connectivity index (χ4v) is 3.85. The zero-order valence-electron chi connectivity index (χ0n) is 11.9. The van der Waals surface area contributed by atoms with E-state index in [0.717, 1.165) is 13.0 Å². The van der Waals surface area contributed by atoms with Gasteiger partial charge in [0.15, 0.2) is 0 Å². The molecule has 1 aromatic rings. The molecule has 0 radical (unpaired) electrons. The van der Waals surface area contributed by atoms with Gasteiger partial charge in [0.2, 0.25) is 5.91 Å². The van der Waals surface area contributed by atoms with Gasteiger partial charge in [0, 0.05) is 19.0 Å². The van der Waals surface area contributed by atoms with Crippen molar-refractivity contribution in [1.29, 1.82) is 0 Å². The van der Waals surface area contributed by atoms with Crippen molar-refractivity contribution >= 4 is 5.91 Å².